The topological polar surface area (TPSA) is 41.1 Å². The van der Waals surface area contributed by atoms with Crippen LogP contribution in [0.15, 0.2) is 0 Å². The molecule has 0 spiro atoms. The van der Waals surface area contributed by atoms with Gasteiger partial charge in [-0.3, -0.25) is 4.79 Å². The molecule has 1 heterocycles. The first-order valence-electron chi connectivity index (χ1n) is 7.34. The zero-order valence-corrected chi connectivity index (χ0v) is 10.6. The molecule has 0 aromatic carbocycles. The van der Waals surface area contributed by atoms with Crippen LogP contribution in [0, 0.1) is 17.8 Å². The van der Waals surface area contributed by atoms with Gasteiger partial charge in [0.15, 0.2) is 0 Å². The third-order valence-corrected chi connectivity index (χ3v) is 5.08. The Kier molecular flexibility index (Phi) is 3.37. The fourth-order valence-corrected chi connectivity index (χ4v) is 4.14. The monoisotopic (exact) mass is 236 g/mol. The molecule has 0 aromatic rings. The van der Waals surface area contributed by atoms with Crippen LogP contribution in [0.4, 0.5) is 0 Å². The average molecular weight is 236 g/mol. The Morgan fingerprint density at radius 1 is 1.24 bits per heavy atom. The predicted molar refractivity (Wildman–Crippen MR) is 67.6 cm³/mol. The van der Waals surface area contributed by atoms with Crippen molar-refractivity contribution in [1.29, 1.82) is 0 Å². The molecule has 1 aliphatic heterocycles. The molecule has 3 rings (SSSR count). The standard InChI is InChI=1S/C14H24N2O/c17-14(13-2-1-6-15-13)16-7-5-12-9-10-3-4-11(12)8-10/h10-13,15H,1-9H2,(H,16,17). The minimum Gasteiger partial charge on any atom is -0.355 e. The summed E-state index contributed by atoms with van der Waals surface area (Å²) in [5.74, 6) is 3.15. The lowest BCUT2D eigenvalue weighted by Gasteiger charge is -2.22. The Morgan fingerprint density at radius 3 is 2.82 bits per heavy atom. The molecule has 2 aliphatic carbocycles. The van der Waals surface area contributed by atoms with Gasteiger partial charge in [-0.2, -0.15) is 0 Å². The molecule has 3 aliphatic rings. The maximum atomic E-state index is 11.8. The molecular formula is C14H24N2O. The van der Waals surface area contributed by atoms with Gasteiger partial charge in [-0.05, 0) is 62.8 Å². The lowest BCUT2D eigenvalue weighted by atomic mass is 9.86. The van der Waals surface area contributed by atoms with Gasteiger partial charge in [0, 0.05) is 6.54 Å². The summed E-state index contributed by atoms with van der Waals surface area (Å²) in [6.07, 6.45) is 9.20. The fourth-order valence-electron chi connectivity index (χ4n) is 4.14. The van der Waals surface area contributed by atoms with Crippen LogP contribution in [0.2, 0.25) is 0 Å². The van der Waals surface area contributed by atoms with Gasteiger partial charge in [0.1, 0.15) is 0 Å². The van der Waals surface area contributed by atoms with E-state index in [1.807, 2.05) is 0 Å². The summed E-state index contributed by atoms with van der Waals surface area (Å²) >= 11 is 0. The zero-order chi connectivity index (χ0) is 11.7. The van der Waals surface area contributed by atoms with Crippen LogP contribution < -0.4 is 10.6 Å². The third kappa shape index (κ3) is 2.49. The van der Waals surface area contributed by atoms with Crippen LogP contribution in [0.1, 0.15) is 44.9 Å². The summed E-state index contributed by atoms with van der Waals surface area (Å²) in [7, 11) is 0. The highest BCUT2D eigenvalue weighted by atomic mass is 16.2. The highest BCUT2D eigenvalue weighted by Gasteiger charge is 2.38. The molecule has 1 saturated heterocycles. The Hall–Kier alpha value is -0.570. The SMILES string of the molecule is O=C(NCCC1CC2CCC1C2)C1CCCN1. The smallest absolute Gasteiger partial charge is 0.237 e. The van der Waals surface area contributed by atoms with Crippen molar-refractivity contribution in [2.75, 3.05) is 13.1 Å². The molecule has 2 N–H and O–H groups in total. The molecule has 4 unspecified atom stereocenters. The largest absolute Gasteiger partial charge is 0.355 e. The van der Waals surface area contributed by atoms with E-state index in [0.717, 1.165) is 43.7 Å². The molecule has 4 atom stereocenters. The van der Waals surface area contributed by atoms with Crippen molar-refractivity contribution in [3.05, 3.63) is 0 Å². The van der Waals surface area contributed by atoms with E-state index in [1.54, 1.807) is 0 Å². The van der Waals surface area contributed by atoms with Crippen molar-refractivity contribution in [3.63, 3.8) is 0 Å². The minimum absolute atomic E-state index is 0.0926. The van der Waals surface area contributed by atoms with E-state index in [4.69, 9.17) is 0 Å². The quantitative estimate of drug-likeness (QED) is 0.780. The van der Waals surface area contributed by atoms with Crippen molar-refractivity contribution in [1.82, 2.24) is 10.6 Å². The number of hydrogen-bond donors (Lipinski definition) is 2. The Labute approximate surface area is 104 Å². The first-order valence-corrected chi connectivity index (χ1v) is 7.34. The fraction of sp³-hybridized carbons (Fsp3) is 0.929. The number of nitrogens with one attached hydrogen (secondary N) is 2. The minimum atomic E-state index is 0.0926. The van der Waals surface area contributed by atoms with Crippen molar-refractivity contribution in [2.24, 2.45) is 17.8 Å². The van der Waals surface area contributed by atoms with Gasteiger partial charge in [0.25, 0.3) is 0 Å². The molecule has 0 aromatic heterocycles. The van der Waals surface area contributed by atoms with Crippen LogP contribution in [-0.4, -0.2) is 25.0 Å². The number of rotatable bonds is 4. The molecule has 3 nitrogen and oxygen atoms in total. The summed E-state index contributed by atoms with van der Waals surface area (Å²) in [5, 5.41) is 6.36. The van der Waals surface area contributed by atoms with Crippen LogP contribution in [0.25, 0.3) is 0 Å². The number of hydrogen-bond acceptors (Lipinski definition) is 2. The van der Waals surface area contributed by atoms with E-state index >= 15 is 0 Å². The Morgan fingerprint density at radius 2 is 2.18 bits per heavy atom. The van der Waals surface area contributed by atoms with E-state index in [9.17, 15) is 4.79 Å². The van der Waals surface area contributed by atoms with E-state index in [-0.39, 0.29) is 11.9 Å². The number of carbonyl (C=O) groups excluding carboxylic acids is 1. The lowest BCUT2D eigenvalue weighted by Crippen LogP contribution is -2.41. The summed E-state index contributed by atoms with van der Waals surface area (Å²) in [6, 6.07) is 0.0926. The van der Waals surface area contributed by atoms with Gasteiger partial charge in [-0.15, -0.1) is 0 Å². The van der Waals surface area contributed by atoms with E-state index < -0.39 is 0 Å². The first kappa shape index (κ1) is 11.5. The number of carbonyl (C=O) groups is 1. The summed E-state index contributed by atoms with van der Waals surface area (Å²) in [6.45, 7) is 1.90. The predicted octanol–water partition coefficient (Wildman–Crippen LogP) is 1.68. The highest BCUT2D eigenvalue weighted by Crippen LogP contribution is 2.49. The second kappa shape index (κ2) is 4.97. The average Bonchev–Trinajstić information content (AvgIpc) is 3.06. The maximum Gasteiger partial charge on any atom is 0.237 e. The molecule has 96 valence electrons. The van der Waals surface area contributed by atoms with Gasteiger partial charge in [-0.25, -0.2) is 0 Å². The van der Waals surface area contributed by atoms with Crippen molar-refractivity contribution in [3.8, 4) is 0 Å². The van der Waals surface area contributed by atoms with Crippen molar-refractivity contribution >= 4 is 5.91 Å². The van der Waals surface area contributed by atoms with Crippen molar-refractivity contribution in [2.45, 2.75) is 51.0 Å². The van der Waals surface area contributed by atoms with Crippen LogP contribution in [0.5, 0.6) is 0 Å². The molecule has 3 fully saturated rings. The molecule has 3 heteroatoms. The van der Waals surface area contributed by atoms with Crippen LogP contribution in [0.3, 0.4) is 0 Å². The first-order chi connectivity index (χ1) is 8.33. The van der Waals surface area contributed by atoms with Crippen molar-refractivity contribution < 1.29 is 4.79 Å². The van der Waals surface area contributed by atoms with Gasteiger partial charge in [0.05, 0.1) is 6.04 Å². The summed E-state index contributed by atoms with van der Waals surface area (Å²) < 4.78 is 0. The highest BCUT2D eigenvalue weighted by molar-refractivity contribution is 5.81. The summed E-state index contributed by atoms with van der Waals surface area (Å²) in [4.78, 5) is 11.8. The van der Waals surface area contributed by atoms with Gasteiger partial charge in [0.2, 0.25) is 5.91 Å². The molecular weight excluding hydrogens is 212 g/mol. The molecule has 2 bridgehead atoms. The third-order valence-electron chi connectivity index (χ3n) is 5.08. The van der Waals surface area contributed by atoms with E-state index in [1.165, 1.54) is 32.1 Å². The molecule has 17 heavy (non-hydrogen) atoms. The second-order valence-corrected chi connectivity index (χ2v) is 6.16. The van der Waals surface area contributed by atoms with Gasteiger partial charge < -0.3 is 10.6 Å². The second-order valence-electron chi connectivity index (χ2n) is 6.16. The van der Waals surface area contributed by atoms with Crippen LogP contribution >= 0.6 is 0 Å². The molecule has 1 amide bonds. The van der Waals surface area contributed by atoms with E-state index in [0.29, 0.717) is 0 Å². The zero-order valence-electron chi connectivity index (χ0n) is 10.6. The van der Waals surface area contributed by atoms with Crippen LogP contribution in [-0.2, 0) is 4.79 Å². The number of fused-ring (bicyclic) bond motifs is 2. The number of amides is 1. The summed E-state index contributed by atoms with van der Waals surface area (Å²) in [5.41, 5.74) is 0. The van der Waals surface area contributed by atoms with Gasteiger partial charge >= 0.3 is 0 Å². The Balaban J connectivity index is 1.36. The lowest BCUT2D eigenvalue weighted by molar-refractivity contribution is -0.122. The van der Waals surface area contributed by atoms with Gasteiger partial charge in [-0.1, -0.05) is 6.42 Å². The van der Waals surface area contributed by atoms with E-state index in [2.05, 4.69) is 10.6 Å². The Bertz CT molecular complexity index is 286. The normalized spacial score (nSPS) is 39.8. The molecule has 2 saturated carbocycles. The maximum absolute atomic E-state index is 11.8. The molecule has 0 radical (unpaired) electrons.